The third kappa shape index (κ3) is 3.99. The number of carbonyl (C=O) groups is 2. The van der Waals surface area contributed by atoms with E-state index < -0.39 is 6.04 Å². The lowest BCUT2D eigenvalue weighted by atomic mass is 9.99. The van der Waals surface area contributed by atoms with Gasteiger partial charge in [0.05, 0.1) is 0 Å². The van der Waals surface area contributed by atoms with E-state index in [1.807, 2.05) is 25.3 Å². The Kier molecular flexibility index (Phi) is 5.56. The summed E-state index contributed by atoms with van der Waals surface area (Å²) in [6, 6.07) is 9.89. The maximum absolute atomic E-state index is 14.7. The minimum absolute atomic E-state index is 0.0197. The van der Waals surface area contributed by atoms with E-state index in [-0.39, 0.29) is 30.3 Å². The van der Waals surface area contributed by atoms with Gasteiger partial charge in [-0.3, -0.25) is 4.79 Å². The second kappa shape index (κ2) is 8.27. The molecule has 1 aromatic carbocycles. The first-order valence-corrected chi connectivity index (χ1v) is 10.3. The number of aromatic nitrogens is 1. The molecule has 1 aliphatic heterocycles. The predicted molar refractivity (Wildman–Crippen MR) is 108 cm³/mol. The first-order valence-electron chi connectivity index (χ1n) is 10.3. The number of fused-ring (bicyclic) bond motifs is 1. The van der Waals surface area contributed by atoms with Crippen molar-refractivity contribution in [1.29, 1.82) is 0 Å². The van der Waals surface area contributed by atoms with Gasteiger partial charge in [0.25, 0.3) is 0 Å². The summed E-state index contributed by atoms with van der Waals surface area (Å²) in [5.74, 6) is -0.478. The van der Waals surface area contributed by atoms with Gasteiger partial charge in [0.2, 0.25) is 5.91 Å². The molecule has 29 heavy (non-hydrogen) atoms. The average Bonchev–Trinajstić information content (AvgIpc) is 3.45. The van der Waals surface area contributed by atoms with Crippen LogP contribution >= 0.6 is 0 Å². The summed E-state index contributed by atoms with van der Waals surface area (Å²) in [5.41, 5.74) is 1.37. The zero-order valence-corrected chi connectivity index (χ0v) is 16.7. The Labute approximate surface area is 170 Å². The summed E-state index contributed by atoms with van der Waals surface area (Å²) in [4.78, 5) is 29.2. The second-order valence-corrected chi connectivity index (χ2v) is 7.73. The molecule has 4 rings (SSSR count). The number of hydrogen-bond acceptors (Lipinski definition) is 2. The molecule has 7 heteroatoms. The molecule has 0 radical (unpaired) electrons. The Morgan fingerprint density at radius 2 is 1.97 bits per heavy atom. The lowest BCUT2D eigenvalue weighted by Crippen LogP contribution is -2.50. The van der Waals surface area contributed by atoms with Crippen molar-refractivity contribution in [2.24, 2.45) is 0 Å². The Morgan fingerprint density at radius 1 is 1.17 bits per heavy atom. The molecule has 0 bridgehead atoms. The zero-order chi connectivity index (χ0) is 20.4. The summed E-state index contributed by atoms with van der Waals surface area (Å²) in [5, 5.41) is 2.88. The molecule has 1 aromatic heterocycles. The number of amides is 3. The molecular weight excluding hydrogens is 371 g/mol. The van der Waals surface area contributed by atoms with Crippen LogP contribution in [0.2, 0.25) is 0 Å². The van der Waals surface area contributed by atoms with Crippen LogP contribution in [0, 0.1) is 5.82 Å². The molecule has 2 heterocycles. The molecule has 3 amide bonds. The highest BCUT2D eigenvalue weighted by Crippen LogP contribution is 2.34. The largest absolute Gasteiger partial charge is 0.348 e. The number of carbonyl (C=O) groups excluding carboxylic acids is 2. The maximum atomic E-state index is 14.7. The highest BCUT2D eigenvalue weighted by Gasteiger charge is 2.38. The van der Waals surface area contributed by atoms with Crippen molar-refractivity contribution in [3.8, 4) is 0 Å². The maximum Gasteiger partial charge on any atom is 0.318 e. The van der Waals surface area contributed by atoms with Gasteiger partial charge in [0, 0.05) is 43.1 Å². The van der Waals surface area contributed by atoms with Crippen molar-refractivity contribution < 1.29 is 14.0 Å². The topological polar surface area (TPSA) is 57.6 Å². The van der Waals surface area contributed by atoms with Gasteiger partial charge in [-0.05, 0) is 37.5 Å². The lowest BCUT2D eigenvalue weighted by molar-refractivity contribution is -0.134. The fourth-order valence-electron chi connectivity index (χ4n) is 4.00. The molecule has 1 aliphatic carbocycles. The Morgan fingerprint density at radius 3 is 2.69 bits per heavy atom. The van der Waals surface area contributed by atoms with Gasteiger partial charge in [0.15, 0.2) is 0 Å². The van der Waals surface area contributed by atoms with Gasteiger partial charge < -0.3 is 19.7 Å². The standard InChI is InChI=1S/C22H27FN4O2/c1-2-11-24-22(29)27(16-9-10-16)15-20(28)26-14-13-25-12-5-8-19(25)21(26)17-6-3-4-7-18(17)23/h3-8,12,16,21H,2,9-11,13-15H2,1H3,(H,24,29). The van der Waals surface area contributed by atoms with E-state index in [9.17, 15) is 14.0 Å². The van der Waals surface area contributed by atoms with Gasteiger partial charge in [-0.1, -0.05) is 25.1 Å². The van der Waals surface area contributed by atoms with E-state index in [0.29, 0.717) is 25.2 Å². The van der Waals surface area contributed by atoms with Crippen LogP contribution in [0.25, 0.3) is 0 Å². The number of nitrogens with one attached hydrogen (secondary N) is 1. The molecule has 6 nitrogen and oxygen atoms in total. The number of urea groups is 1. The summed E-state index contributed by atoms with van der Waals surface area (Å²) < 4.78 is 16.7. The average molecular weight is 398 g/mol. The number of hydrogen-bond donors (Lipinski definition) is 1. The molecule has 0 saturated heterocycles. The molecule has 1 unspecified atom stereocenters. The van der Waals surface area contributed by atoms with Crippen LogP contribution < -0.4 is 5.32 Å². The fourth-order valence-corrected chi connectivity index (χ4v) is 4.00. The van der Waals surface area contributed by atoms with E-state index >= 15 is 0 Å². The summed E-state index contributed by atoms with van der Waals surface area (Å²) >= 11 is 0. The van der Waals surface area contributed by atoms with Gasteiger partial charge >= 0.3 is 6.03 Å². The normalized spacial score (nSPS) is 18.3. The van der Waals surface area contributed by atoms with Gasteiger partial charge in [-0.2, -0.15) is 0 Å². The highest BCUT2D eigenvalue weighted by molar-refractivity contribution is 5.85. The Hall–Kier alpha value is -2.83. The first-order chi connectivity index (χ1) is 14.1. The van der Waals surface area contributed by atoms with Crippen LogP contribution in [0.1, 0.15) is 43.5 Å². The molecular formula is C22H27FN4O2. The predicted octanol–water partition coefficient (Wildman–Crippen LogP) is 3.14. The summed E-state index contributed by atoms with van der Waals surface area (Å²) in [6.45, 7) is 3.74. The van der Waals surface area contributed by atoms with E-state index in [0.717, 1.165) is 25.0 Å². The Balaban J connectivity index is 1.59. The van der Waals surface area contributed by atoms with Crippen molar-refractivity contribution in [2.45, 2.75) is 44.8 Å². The van der Waals surface area contributed by atoms with Crippen molar-refractivity contribution in [2.75, 3.05) is 19.6 Å². The van der Waals surface area contributed by atoms with Crippen molar-refractivity contribution in [3.63, 3.8) is 0 Å². The number of nitrogens with zero attached hydrogens (tertiary/aromatic N) is 3. The number of rotatable bonds is 6. The number of benzene rings is 1. The SMILES string of the molecule is CCCNC(=O)N(CC(=O)N1CCn2cccc2C1c1ccccc1F)C1CC1. The molecule has 0 spiro atoms. The van der Waals surface area contributed by atoms with Crippen LogP contribution in [-0.2, 0) is 11.3 Å². The number of halogens is 1. The highest BCUT2D eigenvalue weighted by atomic mass is 19.1. The molecule has 2 aliphatic rings. The molecule has 1 atom stereocenters. The van der Waals surface area contributed by atoms with Crippen LogP contribution in [0.3, 0.4) is 0 Å². The third-order valence-electron chi connectivity index (χ3n) is 5.64. The van der Waals surface area contributed by atoms with Crippen molar-refractivity contribution in [3.05, 3.63) is 59.7 Å². The van der Waals surface area contributed by atoms with E-state index in [2.05, 4.69) is 9.88 Å². The minimum Gasteiger partial charge on any atom is -0.348 e. The van der Waals surface area contributed by atoms with Crippen LogP contribution in [0.4, 0.5) is 9.18 Å². The van der Waals surface area contributed by atoms with E-state index in [4.69, 9.17) is 0 Å². The van der Waals surface area contributed by atoms with E-state index in [1.165, 1.54) is 6.07 Å². The lowest BCUT2D eigenvalue weighted by Gasteiger charge is -2.38. The summed E-state index contributed by atoms with van der Waals surface area (Å²) in [7, 11) is 0. The molecule has 154 valence electrons. The van der Waals surface area contributed by atoms with E-state index in [1.54, 1.807) is 28.0 Å². The second-order valence-electron chi connectivity index (χ2n) is 7.73. The smallest absolute Gasteiger partial charge is 0.318 e. The monoisotopic (exact) mass is 398 g/mol. The van der Waals surface area contributed by atoms with Crippen molar-refractivity contribution in [1.82, 2.24) is 19.7 Å². The van der Waals surface area contributed by atoms with Gasteiger partial charge in [-0.25, -0.2) is 9.18 Å². The molecule has 2 aromatic rings. The first kappa shape index (κ1) is 19.5. The molecule has 1 fully saturated rings. The van der Waals surface area contributed by atoms with Crippen LogP contribution in [-0.4, -0.2) is 52.0 Å². The molecule has 1 N–H and O–H groups in total. The van der Waals surface area contributed by atoms with Crippen molar-refractivity contribution >= 4 is 11.9 Å². The zero-order valence-electron chi connectivity index (χ0n) is 16.7. The quantitative estimate of drug-likeness (QED) is 0.813. The summed E-state index contributed by atoms with van der Waals surface area (Å²) in [6.07, 6.45) is 4.65. The van der Waals surface area contributed by atoms with Gasteiger partial charge in [-0.15, -0.1) is 0 Å². The van der Waals surface area contributed by atoms with Gasteiger partial charge in [0.1, 0.15) is 18.4 Å². The third-order valence-corrected chi connectivity index (χ3v) is 5.64. The Bertz CT molecular complexity index is 892. The minimum atomic E-state index is -0.493. The van der Waals surface area contributed by atoms with Crippen LogP contribution in [0.15, 0.2) is 42.6 Å². The van der Waals surface area contributed by atoms with Crippen LogP contribution in [0.5, 0.6) is 0 Å². The fraction of sp³-hybridized carbons (Fsp3) is 0.455. The molecule has 1 saturated carbocycles.